The summed E-state index contributed by atoms with van der Waals surface area (Å²) in [4.78, 5) is 0. The molecule has 0 aliphatic carbocycles. The van der Waals surface area contributed by atoms with Gasteiger partial charge in [-0.25, -0.2) is 0 Å². The van der Waals surface area contributed by atoms with E-state index in [4.69, 9.17) is 0 Å². The first-order chi connectivity index (χ1) is 9.82. The smallest absolute Gasteiger partial charge is 0.313 e. The predicted molar refractivity (Wildman–Crippen MR) is 74.9 cm³/mol. The van der Waals surface area contributed by atoms with E-state index in [9.17, 15) is 13.2 Å². The maximum absolute atomic E-state index is 12.5. The zero-order valence-corrected chi connectivity index (χ0v) is 12.2. The Morgan fingerprint density at radius 1 is 1.24 bits per heavy atom. The molecule has 21 heavy (non-hydrogen) atoms. The average molecular weight is 297 g/mol. The molecule has 3 nitrogen and oxygen atoms in total. The number of nitrogens with one attached hydrogen (secondary N) is 1. The van der Waals surface area contributed by atoms with Crippen molar-refractivity contribution >= 4 is 0 Å². The summed E-state index contributed by atoms with van der Waals surface area (Å²) in [5.74, 6) is 0. The average Bonchev–Trinajstić information content (AvgIpc) is 2.76. The van der Waals surface area contributed by atoms with Crippen LogP contribution in [0.25, 0.3) is 0 Å². The van der Waals surface area contributed by atoms with Gasteiger partial charge in [0.25, 0.3) is 0 Å². The molecule has 2 aromatic rings. The van der Waals surface area contributed by atoms with E-state index in [0.717, 1.165) is 29.0 Å². The van der Waals surface area contributed by atoms with Gasteiger partial charge in [0.2, 0.25) is 0 Å². The number of likely N-dealkylation sites (N-methyl/N-ethyl adjacent to an activating group) is 1. The monoisotopic (exact) mass is 297 g/mol. The van der Waals surface area contributed by atoms with Gasteiger partial charge in [0, 0.05) is 24.3 Å². The van der Waals surface area contributed by atoms with Crippen molar-refractivity contribution in [3.05, 3.63) is 52.8 Å². The molecule has 1 N–H and O–H groups in total. The molecule has 1 heterocycles. The Morgan fingerprint density at radius 3 is 2.29 bits per heavy atom. The quantitative estimate of drug-likeness (QED) is 0.939. The van der Waals surface area contributed by atoms with Gasteiger partial charge in [0.05, 0.1) is 11.8 Å². The number of benzene rings is 1. The second-order valence-electron chi connectivity index (χ2n) is 5.05. The van der Waals surface area contributed by atoms with Crippen LogP contribution in [-0.4, -0.2) is 16.8 Å². The van der Waals surface area contributed by atoms with Crippen molar-refractivity contribution in [3.63, 3.8) is 0 Å². The Morgan fingerprint density at radius 2 is 1.86 bits per heavy atom. The van der Waals surface area contributed by atoms with Crippen molar-refractivity contribution in [2.75, 3.05) is 7.05 Å². The van der Waals surface area contributed by atoms with Crippen molar-refractivity contribution in [1.29, 1.82) is 0 Å². The SMILES string of the molecule is CNC(Cc1ccc(C(F)(F)F)cc1)c1cnn(C)c1C. The van der Waals surface area contributed by atoms with E-state index in [-0.39, 0.29) is 6.04 Å². The third kappa shape index (κ3) is 3.44. The zero-order valence-electron chi connectivity index (χ0n) is 12.2. The third-order valence-electron chi connectivity index (χ3n) is 3.72. The molecule has 114 valence electrons. The van der Waals surface area contributed by atoms with Gasteiger partial charge >= 0.3 is 6.18 Å². The van der Waals surface area contributed by atoms with Gasteiger partial charge in [0.1, 0.15) is 0 Å². The molecule has 0 saturated heterocycles. The number of alkyl halides is 3. The first kappa shape index (κ1) is 15.6. The lowest BCUT2D eigenvalue weighted by molar-refractivity contribution is -0.137. The molecule has 0 spiro atoms. The fourth-order valence-corrected chi connectivity index (χ4v) is 2.29. The van der Waals surface area contributed by atoms with Gasteiger partial charge in [-0.05, 0) is 38.1 Å². The number of aryl methyl sites for hydroxylation is 1. The minimum Gasteiger partial charge on any atom is -0.313 e. The van der Waals surface area contributed by atoms with Crippen LogP contribution in [0.3, 0.4) is 0 Å². The third-order valence-corrected chi connectivity index (χ3v) is 3.72. The number of hydrogen-bond acceptors (Lipinski definition) is 2. The molecule has 0 amide bonds. The minimum atomic E-state index is -4.29. The highest BCUT2D eigenvalue weighted by molar-refractivity contribution is 5.28. The molecule has 0 bridgehead atoms. The van der Waals surface area contributed by atoms with E-state index in [1.165, 1.54) is 12.1 Å². The molecule has 1 aromatic heterocycles. The second-order valence-corrected chi connectivity index (χ2v) is 5.05. The van der Waals surface area contributed by atoms with Crippen LogP contribution in [-0.2, 0) is 19.6 Å². The largest absolute Gasteiger partial charge is 0.416 e. The molecule has 1 unspecified atom stereocenters. The summed E-state index contributed by atoms with van der Waals surface area (Å²) >= 11 is 0. The van der Waals surface area contributed by atoms with E-state index >= 15 is 0 Å². The highest BCUT2D eigenvalue weighted by Crippen LogP contribution is 2.30. The molecule has 0 radical (unpaired) electrons. The van der Waals surface area contributed by atoms with Crippen LogP contribution in [0.1, 0.15) is 28.4 Å². The molecule has 0 saturated carbocycles. The van der Waals surface area contributed by atoms with Crippen molar-refractivity contribution < 1.29 is 13.2 Å². The number of rotatable bonds is 4. The van der Waals surface area contributed by atoms with Crippen LogP contribution in [0.2, 0.25) is 0 Å². The lowest BCUT2D eigenvalue weighted by Gasteiger charge is -2.16. The Bertz CT molecular complexity index is 600. The molecule has 0 fully saturated rings. The predicted octanol–water partition coefficient (Wildman–Crippen LogP) is 3.25. The lowest BCUT2D eigenvalue weighted by Crippen LogP contribution is -2.19. The van der Waals surface area contributed by atoms with Crippen molar-refractivity contribution in [2.24, 2.45) is 7.05 Å². The van der Waals surface area contributed by atoms with Crippen LogP contribution in [0.4, 0.5) is 13.2 Å². The number of nitrogens with zero attached hydrogens (tertiary/aromatic N) is 2. The van der Waals surface area contributed by atoms with Gasteiger partial charge in [-0.3, -0.25) is 4.68 Å². The van der Waals surface area contributed by atoms with Crippen LogP contribution in [0.15, 0.2) is 30.5 Å². The second kappa shape index (κ2) is 5.89. The van der Waals surface area contributed by atoms with Crippen molar-refractivity contribution in [2.45, 2.75) is 25.6 Å². The summed E-state index contributed by atoms with van der Waals surface area (Å²) in [6, 6.07) is 5.32. The lowest BCUT2D eigenvalue weighted by atomic mass is 9.99. The topological polar surface area (TPSA) is 29.9 Å². The van der Waals surface area contributed by atoms with Gasteiger partial charge in [-0.15, -0.1) is 0 Å². The highest BCUT2D eigenvalue weighted by Gasteiger charge is 2.30. The van der Waals surface area contributed by atoms with Crippen LogP contribution in [0, 0.1) is 6.92 Å². The zero-order chi connectivity index (χ0) is 15.6. The summed E-state index contributed by atoms with van der Waals surface area (Å²) < 4.78 is 39.4. The maximum atomic E-state index is 12.5. The van der Waals surface area contributed by atoms with Crippen LogP contribution >= 0.6 is 0 Å². The summed E-state index contributed by atoms with van der Waals surface area (Å²) in [6.07, 6.45) is -1.89. The van der Waals surface area contributed by atoms with E-state index in [1.807, 2.05) is 21.0 Å². The first-order valence-electron chi connectivity index (χ1n) is 6.65. The molecule has 1 atom stereocenters. The number of aromatic nitrogens is 2. The fraction of sp³-hybridized carbons (Fsp3) is 0.400. The van der Waals surface area contributed by atoms with E-state index in [1.54, 1.807) is 10.9 Å². The first-order valence-corrected chi connectivity index (χ1v) is 6.65. The summed E-state index contributed by atoms with van der Waals surface area (Å²) in [5.41, 5.74) is 2.33. The minimum absolute atomic E-state index is 0.0236. The standard InChI is InChI=1S/C15H18F3N3/c1-10-13(9-20-21(10)3)14(19-2)8-11-4-6-12(7-5-11)15(16,17)18/h4-7,9,14,19H,8H2,1-3H3. The Labute approximate surface area is 121 Å². The number of halogens is 3. The maximum Gasteiger partial charge on any atom is 0.416 e. The van der Waals surface area contributed by atoms with Gasteiger partial charge in [0.15, 0.2) is 0 Å². The van der Waals surface area contributed by atoms with E-state index < -0.39 is 11.7 Å². The van der Waals surface area contributed by atoms with Gasteiger partial charge < -0.3 is 5.32 Å². The summed E-state index contributed by atoms with van der Waals surface area (Å²) in [7, 11) is 3.70. The van der Waals surface area contributed by atoms with Crippen LogP contribution < -0.4 is 5.32 Å². The van der Waals surface area contributed by atoms with Gasteiger partial charge in [-0.1, -0.05) is 12.1 Å². The number of hydrogen-bond donors (Lipinski definition) is 1. The highest BCUT2D eigenvalue weighted by atomic mass is 19.4. The molecular weight excluding hydrogens is 279 g/mol. The normalized spacial score (nSPS) is 13.4. The molecule has 0 aliphatic heterocycles. The van der Waals surface area contributed by atoms with E-state index in [2.05, 4.69) is 10.4 Å². The van der Waals surface area contributed by atoms with Crippen LogP contribution in [0.5, 0.6) is 0 Å². The Hall–Kier alpha value is -1.82. The summed E-state index contributed by atoms with van der Waals surface area (Å²) in [6.45, 7) is 1.97. The summed E-state index contributed by atoms with van der Waals surface area (Å²) in [5, 5.41) is 7.39. The molecule has 1 aromatic carbocycles. The van der Waals surface area contributed by atoms with Crippen molar-refractivity contribution in [1.82, 2.24) is 15.1 Å². The van der Waals surface area contributed by atoms with Crippen molar-refractivity contribution in [3.8, 4) is 0 Å². The Kier molecular flexibility index (Phi) is 4.37. The van der Waals surface area contributed by atoms with Gasteiger partial charge in [-0.2, -0.15) is 18.3 Å². The van der Waals surface area contributed by atoms with E-state index in [0.29, 0.717) is 6.42 Å². The molecule has 6 heteroatoms. The molecular formula is C15H18F3N3. The Balaban J connectivity index is 2.18. The fourth-order valence-electron chi connectivity index (χ4n) is 2.29. The molecule has 2 rings (SSSR count). The molecule has 0 aliphatic rings.